The Bertz CT molecular complexity index is 445. The SMILES string of the molecule is Cc1ccc(O)c(C(C)NCC2COC(C)(C)O2)c1. The molecule has 0 radical (unpaired) electrons. The van der Waals surface area contributed by atoms with Crippen molar-refractivity contribution in [3.8, 4) is 5.75 Å². The quantitative estimate of drug-likeness (QED) is 0.878. The third-order valence-electron chi connectivity index (χ3n) is 3.37. The number of hydrogen-bond acceptors (Lipinski definition) is 4. The first-order valence-electron chi connectivity index (χ1n) is 6.72. The summed E-state index contributed by atoms with van der Waals surface area (Å²) in [5, 5.41) is 13.3. The molecule has 1 saturated heterocycles. The van der Waals surface area contributed by atoms with Gasteiger partial charge >= 0.3 is 0 Å². The number of benzene rings is 1. The molecule has 1 fully saturated rings. The molecule has 0 saturated carbocycles. The normalized spacial score (nSPS) is 23.5. The summed E-state index contributed by atoms with van der Waals surface area (Å²) in [7, 11) is 0. The van der Waals surface area contributed by atoms with Gasteiger partial charge in [0.15, 0.2) is 5.79 Å². The summed E-state index contributed by atoms with van der Waals surface area (Å²) in [5.74, 6) is -0.157. The molecule has 1 aliphatic rings. The molecule has 0 bridgehead atoms. The molecule has 0 aromatic heterocycles. The summed E-state index contributed by atoms with van der Waals surface area (Å²) >= 11 is 0. The monoisotopic (exact) mass is 265 g/mol. The highest BCUT2D eigenvalue weighted by Crippen LogP contribution is 2.26. The van der Waals surface area contributed by atoms with Gasteiger partial charge in [-0.3, -0.25) is 0 Å². The second-order valence-electron chi connectivity index (χ2n) is 5.64. The van der Waals surface area contributed by atoms with E-state index in [4.69, 9.17) is 9.47 Å². The van der Waals surface area contributed by atoms with Crippen molar-refractivity contribution in [1.29, 1.82) is 0 Å². The summed E-state index contributed by atoms with van der Waals surface area (Å²) in [5.41, 5.74) is 2.06. The highest BCUT2D eigenvalue weighted by molar-refractivity contribution is 5.37. The standard InChI is InChI=1S/C15H23NO3/c1-10-5-6-14(17)13(7-10)11(2)16-8-12-9-18-15(3,4)19-12/h5-7,11-12,16-17H,8-9H2,1-4H3. The van der Waals surface area contributed by atoms with Crippen molar-refractivity contribution in [1.82, 2.24) is 5.32 Å². The van der Waals surface area contributed by atoms with Gasteiger partial charge in [-0.1, -0.05) is 17.7 Å². The predicted octanol–water partition coefficient (Wildman–Crippen LogP) is 2.50. The van der Waals surface area contributed by atoms with Gasteiger partial charge in [-0.05, 0) is 33.8 Å². The van der Waals surface area contributed by atoms with E-state index in [0.717, 1.165) is 11.1 Å². The highest BCUT2D eigenvalue weighted by atomic mass is 16.7. The molecule has 2 unspecified atom stereocenters. The first-order valence-corrected chi connectivity index (χ1v) is 6.72. The van der Waals surface area contributed by atoms with Crippen molar-refractivity contribution in [3.05, 3.63) is 29.3 Å². The second-order valence-corrected chi connectivity index (χ2v) is 5.64. The molecule has 1 aromatic rings. The molecular formula is C15H23NO3. The van der Waals surface area contributed by atoms with E-state index in [1.165, 1.54) is 0 Å². The molecule has 0 amide bonds. The number of aromatic hydroxyl groups is 1. The van der Waals surface area contributed by atoms with Gasteiger partial charge in [0.2, 0.25) is 0 Å². The van der Waals surface area contributed by atoms with E-state index in [0.29, 0.717) is 18.9 Å². The molecule has 19 heavy (non-hydrogen) atoms. The molecule has 2 rings (SSSR count). The zero-order valence-corrected chi connectivity index (χ0v) is 12.1. The molecule has 1 aromatic carbocycles. The van der Waals surface area contributed by atoms with Crippen LogP contribution in [0.25, 0.3) is 0 Å². The lowest BCUT2D eigenvalue weighted by Crippen LogP contribution is -2.32. The number of phenols is 1. The Morgan fingerprint density at radius 2 is 2.21 bits per heavy atom. The van der Waals surface area contributed by atoms with Crippen molar-refractivity contribution in [3.63, 3.8) is 0 Å². The van der Waals surface area contributed by atoms with Crippen LogP contribution in [0, 0.1) is 6.92 Å². The van der Waals surface area contributed by atoms with E-state index < -0.39 is 5.79 Å². The van der Waals surface area contributed by atoms with Crippen LogP contribution < -0.4 is 5.32 Å². The molecule has 4 heteroatoms. The third kappa shape index (κ3) is 3.69. The van der Waals surface area contributed by atoms with Crippen LogP contribution in [0.3, 0.4) is 0 Å². The minimum atomic E-state index is -0.485. The Kier molecular flexibility index (Phi) is 4.13. The van der Waals surface area contributed by atoms with Gasteiger partial charge < -0.3 is 19.9 Å². The van der Waals surface area contributed by atoms with Crippen LogP contribution in [0.5, 0.6) is 5.75 Å². The van der Waals surface area contributed by atoms with E-state index in [-0.39, 0.29) is 12.1 Å². The van der Waals surface area contributed by atoms with E-state index in [2.05, 4.69) is 5.32 Å². The van der Waals surface area contributed by atoms with Gasteiger partial charge in [0.05, 0.1) is 12.7 Å². The van der Waals surface area contributed by atoms with Crippen molar-refractivity contribution in [2.75, 3.05) is 13.2 Å². The first-order chi connectivity index (χ1) is 8.87. The number of hydrogen-bond donors (Lipinski definition) is 2. The zero-order valence-electron chi connectivity index (χ0n) is 12.1. The maximum atomic E-state index is 9.88. The van der Waals surface area contributed by atoms with E-state index in [9.17, 15) is 5.11 Å². The smallest absolute Gasteiger partial charge is 0.163 e. The Labute approximate surface area is 114 Å². The summed E-state index contributed by atoms with van der Waals surface area (Å²) in [6.45, 7) is 9.21. The number of ether oxygens (including phenoxy) is 2. The predicted molar refractivity (Wildman–Crippen MR) is 74.2 cm³/mol. The number of rotatable bonds is 4. The van der Waals surface area contributed by atoms with E-state index >= 15 is 0 Å². The topological polar surface area (TPSA) is 50.7 Å². The molecule has 2 atom stereocenters. The fourth-order valence-electron chi connectivity index (χ4n) is 2.30. The van der Waals surface area contributed by atoms with Crippen LogP contribution >= 0.6 is 0 Å². The van der Waals surface area contributed by atoms with Crippen molar-refractivity contribution >= 4 is 0 Å². The van der Waals surface area contributed by atoms with Gasteiger partial charge in [0, 0.05) is 18.2 Å². The van der Waals surface area contributed by atoms with Crippen molar-refractivity contribution < 1.29 is 14.6 Å². The number of aryl methyl sites for hydroxylation is 1. The summed E-state index contributed by atoms with van der Waals surface area (Å²) in [4.78, 5) is 0. The Balaban J connectivity index is 1.91. The van der Waals surface area contributed by atoms with E-state index in [1.54, 1.807) is 6.07 Å². The molecule has 2 N–H and O–H groups in total. The van der Waals surface area contributed by atoms with Gasteiger partial charge in [-0.25, -0.2) is 0 Å². The molecule has 4 nitrogen and oxygen atoms in total. The lowest BCUT2D eigenvalue weighted by Gasteiger charge is -2.20. The maximum absolute atomic E-state index is 9.88. The largest absolute Gasteiger partial charge is 0.508 e. The maximum Gasteiger partial charge on any atom is 0.163 e. The first kappa shape index (κ1) is 14.3. The van der Waals surface area contributed by atoms with E-state index in [1.807, 2.05) is 39.8 Å². The number of phenolic OH excluding ortho intramolecular Hbond substituents is 1. The summed E-state index contributed by atoms with van der Waals surface area (Å²) in [6.07, 6.45) is 0.0596. The fourth-order valence-corrected chi connectivity index (χ4v) is 2.30. The van der Waals surface area contributed by atoms with Gasteiger partial charge in [-0.2, -0.15) is 0 Å². The van der Waals surface area contributed by atoms with Crippen LogP contribution in [-0.4, -0.2) is 30.1 Å². The van der Waals surface area contributed by atoms with Crippen LogP contribution in [0.4, 0.5) is 0 Å². The van der Waals surface area contributed by atoms with Crippen LogP contribution in [0.15, 0.2) is 18.2 Å². The Hall–Kier alpha value is -1.10. The average molecular weight is 265 g/mol. The molecule has 0 spiro atoms. The molecular weight excluding hydrogens is 242 g/mol. The van der Waals surface area contributed by atoms with Crippen molar-refractivity contribution in [2.45, 2.75) is 45.6 Å². The van der Waals surface area contributed by atoms with Crippen LogP contribution in [0.2, 0.25) is 0 Å². The van der Waals surface area contributed by atoms with Gasteiger partial charge in [0.1, 0.15) is 5.75 Å². The summed E-state index contributed by atoms with van der Waals surface area (Å²) in [6, 6.07) is 5.72. The molecule has 1 heterocycles. The Morgan fingerprint density at radius 1 is 1.47 bits per heavy atom. The average Bonchev–Trinajstić information content (AvgIpc) is 2.69. The highest BCUT2D eigenvalue weighted by Gasteiger charge is 2.32. The van der Waals surface area contributed by atoms with Gasteiger partial charge in [-0.15, -0.1) is 0 Å². The van der Waals surface area contributed by atoms with Crippen LogP contribution in [0.1, 0.15) is 37.9 Å². The summed E-state index contributed by atoms with van der Waals surface area (Å²) < 4.78 is 11.3. The minimum absolute atomic E-state index is 0.0596. The zero-order chi connectivity index (χ0) is 14.0. The fraction of sp³-hybridized carbons (Fsp3) is 0.600. The van der Waals surface area contributed by atoms with Gasteiger partial charge in [0.25, 0.3) is 0 Å². The molecule has 0 aliphatic carbocycles. The lowest BCUT2D eigenvalue weighted by molar-refractivity contribution is -0.137. The minimum Gasteiger partial charge on any atom is -0.508 e. The Morgan fingerprint density at radius 3 is 2.84 bits per heavy atom. The molecule has 106 valence electrons. The second kappa shape index (κ2) is 5.49. The third-order valence-corrected chi connectivity index (χ3v) is 3.37. The lowest BCUT2D eigenvalue weighted by atomic mass is 10.0. The van der Waals surface area contributed by atoms with Crippen LogP contribution in [-0.2, 0) is 9.47 Å². The van der Waals surface area contributed by atoms with Crippen molar-refractivity contribution in [2.24, 2.45) is 0 Å². The number of nitrogens with one attached hydrogen (secondary N) is 1. The molecule has 1 aliphatic heterocycles.